The summed E-state index contributed by atoms with van der Waals surface area (Å²) in [6.07, 6.45) is 3.82. The maximum absolute atomic E-state index is 13.2. The summed E-state index contributed by atoms with van der Waals surface area (Å²) in [6.45, 7) is 6.58. The van der Waals surface area contributed by atoms with Crippen LogP contribution in [0.5, 0.6) is 0 Å². The highest BCUT2D eigenvalue weighted by molar-refractivity contribution is 5.86. The summed E-state index contributed by atoms with van der Waals surface area (Å²) in [7, 11) is 0. The van der Waals surface area contributed by atoms with Crippen molar-refractivity contribution < 1.29 is 4.79 Å². The third kappa shape index (κ3) is 6.76. The monoisotopic (exact) mass is 486 g/mol. The molecule has 0 fully saturated rings. The molecule has 0 heterocycles. The molecular formula is C34H34N2O. The Balaban J connectivity index is 1.37. The predicted molar refractivity (Wildman–Crippen MR) is 154 cm³/mol. The van der Waals surface area contributed by atoms with Crippen molar-refractivity contribution in [1.29, 1.82) is 0 Å². The largest absolute Gasteiger partial charge is 0.344 e. The highest BCUT2D eigenvalue weighted by Gasteiger charge is 2.28. The molecule has 1 atom stereocenters. The van der Waals surface area contributed by atoms with Crippen LogP contribution in [0.15, 0.2) is 115 Å². The van der Waals surface area contributed by atoms with E-state index in [2.05, 4.69) is 71.9 Å². The summed E-state index contributed by atoms with van der Waals surface area (Å²) in [5, 5.41) is 9.27. The molecule has 2 N–H and O–H groups in total. The summed E-state index contributed by atoms with van der Waals surface area (Å²) in [6, 6.07) is 34.9. The number of fused-ring (bicyclic) bond motifs is 1. The van der Waals surface area contributed by atoms with Crippen molar-refractivity contribution in [3.8, 4) is 11.8 Å². The van der Waals surface area contributed by atoms with E-state index >= 15 is 0 Å². The molecule has 4 aromatic carbocycles. The molecular weight excluding hydrogens is 452 g/mol. The average molecular weight is 487 g/mol. The first-order valence-corrected chi connectivity index (χ1v) is 12.8. The van der Waals surface area contributed by atoms with Gasteiger partial charge in [-0.15, -0.1) is 0 Å². The summed E-state index contributed by atoms with van der Waals surface area (Å²) in [4.78, 5) is 13.2. The minimum absolute atomic E-state index is 0.103. The molecule has 0 unspecified atom stereocenters. The quantitative estimate of drug-likeness (QED) is 0.264. The van der Waals surface area contributed by atoms with Gasteiger partial charge < -0.3 is 10.6 Å². The fraction of sp³-hybridized carbons (Fsp3) is 0.206. The van der Waals surface area contributed by atoms with E-state index in [0.717, 1.165) is 11.1 Å². The van der Waals surface area contributed by atoms with Crippen molar-refractivity contribution >= 4 is 16.7 Å². The Morgan fingerprint density at radius 1 is 0.838 bits per heavy atom. The third-order valence-electron chi connectivity index (χ3n) is 6.53. The van der Waals surface area contributed by atoms with E-state index in [1.54, 1.807) is 0 Å². The smallest absolute Gasteiger partial charge is 0.238 e. The summed E-state index contributed by atoms with van der Waals surface area (Å²) in [5.74, 6) is 6.10. The van der Waals surface area contributed by atoms with E-state index in [4.69, 9.17) is 0 Å². The Bertz CT molecular complexity index is 1370. The molecule has 0 saturated carbocycles. The fourth-order valence-corrected chi connectivity index (χ4v) is 4.34. The first-order valence-electron chi connectivity index (χ1n) is 12.8. The SMILES string of the molecule is C[C@@H](NCC=CC#CC(C)(C)C(=O)NC(c1ccccc1)c1ccccc1)c1cccc2ccccc12. The molecule has 37 heavy (non-hydrogen) atoms. The molecule has 0 aliphatic rings. The van der Waals surface area contributed by atoms with Crippen molar-refractivity contribution in [1.82, 2.24) is 10.6 Å². The Morgan fingerprint density at radius 3 is 2.11 bits per heavy atom. The van der Waals surface area contributed by atoms with E-state index in [1.807, 2.05) is 86.7 Å². The van der Waals surface area contributed by atoms with Crippen molar-refractivity contribution in [3.63, 3.8) is 0 Å². The average Bonchev–Trinajstić information content (AvgIpc) is 2.94. The minimum Gasteiger partial charge on any atom is -0.344 e. The highest BCUT2D eigenvalue weighted by atomic mass is 16.2. The number of allylic oxidation sites excluding steroid dienone is 1. The van der Waals surface area contributed by atoms with Crippen LogP contribution in [-0.4, -0.2) is 12.5 Å². The van der Waals surface area contributed by atoms with Gasteiger partial charge in [0.25, 0.3) is 0 Å². The first kappa shape index (κ1) is 25.9. The summed E-state index contributed by atoms with van der Waals surface area (Å²) < 4.78 is 0. The van der Waals surface area contributed by atoms with Gasteiger partial charge in [-0.3, -0.25) is 4.79 Å². The highest BCUT2D eigenvalue weighted by Crippen LogP contribution is 2.25. The number of hydrogen-bond donors (Lipinski definition) is 2. The number of carbonyl (C=O) groups is 1. The van der Waals surface area contributed by atoms with Gasteiger partial charge in [0.1, 0.15) is 5.41 Å². The molecule has 1 amide bonds. The molecule has 4 aromatic rings. The standard InChI is InChI=1S/C34H34N2O/c1-26(30-23-15-21-27-16-11-12-22-31(27)30)35-25-14-6-13-24-34(2,3)33(37)36-32(28-17-7-4-8-18-28)29-19-9-5-10-20-29/h4-12,14-23,26,32,35H,25H2,1-3H3,(H,36,37)/t26-/m1/s1. The van der Waals surface area contributed by atoms with Crippen LogP contribution >= 0.6 is 0 Å². The van der Waals surface area contributed by atoms with Gasteiger partial charge >= 0.3 is 0 Å². The van der Waals surface area contributed by atoms with E-state index in [1.165, 1.54) is 16.3 Å². The molecule has 0 bridgehead atoms. The second-order valence-corrected chi connectivity index (χ2v) is 9.72. The van der Waals surface area contributed by atoms with Crippen LogP contribution in [-0.2, 0) is 4.79 Å². The van der Waals surface area contributed by atoms with Crippen LogP contribution in [0.4, 0.5) is 0 Å². The van der Waals surface area contributed by atoms with Gasteiger partial charge in [0.05, 0.1) is 6.04 Å². The van der Waals surface area contributed by atoms with Crippen LogP contribution in [0.1, 0.15) is 49.5 Å². The Kier molecular flexibility index (Phi) is 8.56. The zero-order valence-electron chi connectivity index (χ0n) is 21.7. The Hall–Kier alpha value is -4.13. The third-order valence-corrected chi connectivity index (χ3v) is 6.53. The molecule has 0 radical (unpaired) electrons. The molecule has 0 aliphatic carbocycles. The van der Waals surface area contributed by atoms with Gasteiger partial charge in [0, 0.05) is 12.6 Å². The maximum Gasteiger partial charge on any atom is 0.238 e. The van der Waals surface area contributed by atoms with Gasteiger partial charge in [-0.25, -0.2) is 0 Å². The van der Waals surface area contributed by atoms with Gasteiger partial charge in [-0.2, -0.15) is 0 Å². The lowest BCUT2D eigenvalue weighted by atomic mass is 9.91. The molecule has 0 saturated heterocycles. The lowest BCUT2D eigenvalue weighted by Crippen LogP contribution is -2.38. The fourth-order valence-electron chi connectivity index (χ4n) is 4.34. The van der Waals surface area contributed by atoms with Crippen molar-refractivity contribution in [2.75, 3.05) is 6.54 Å². The second kappa shape index (κ2) is 12.2. The predicted octanol–water partition coefficient (Wildman–Crippen LogP) is 6.98. The molecule has 0 aliphatic heterocycles. The zero-order chi connectivity index (χ0) is 26.1. The molecule has 3 nitrogen and oxygen atoms in total. The lowest BCUT2D eigenvalue weighted by molar-refractivity contribution is -0.127. The molecule has 0 spiro atoms. The maximum atomic E-state index is 13.2. The van der Waals surface area contributed by atoms with Crippen molar-refractivity contribution in [3.05, 3.63) is 132 Å². The van der Waals surface area contributed by atoms with Crippen LogP contribution in [0.3, 0.4) is 0 Å². The van der Waals surface area contributed by atoms with E-state index in [9.17, 15) is 4.79 Å². The number of nitrogens with one attached hydrogen (secondary N) is 2. The number of amides is 1. The van der Waals surface area contributed by atoms with Crippen LogP contribution in [0.25, 0.3) is 10.8 Å². The van der Waals surface area contributed by atoms with E-state index in [-0.39, 0.29) is 18.0 Å². The molecule has 4 rings (SSSR count). The number of hydrogen-bond acceptors (Lipinski definition) is 2. The van der Waals surface area contributed by atoms with Crippen LogP contribution in [0, 0.1) is 17.3 Å². The number of rotatable bonds is 8. The van der Waals surface area contributed by atoms with E-state index in [0.29, 0.717) is 6.54 Å². The molecule has 0 aromatic heterocycles. The van der Waals surface area contributed by atoms with Crippen LogP contribution in [0.2, 0.25) is 0 Å². The van der Waals surface area contributed by atoms with Crippen molar-refractivity contribution in [2.24, 2.45) is 5.41 Å². The van der Waals surface area contributed by atoms with Gasteiger partial charge in [0.15, 0.2) is 0 Å². The zero-order valence-corrected chi connectivity index (χ0v) is 21.7. The number of carbonyl (C=O) groups excluding carboxylic acids is 1. The summed E-state index contributed by atoms with van der Waals surface area (Å²) >= 11 is 0. The van der Waals surface area contributed by atoms with Crippen molar-refractivity contribution in [2.45, 2.75) is 32.9 Å². The van der Waals surface area contributed by atoms with E-state index < -0.39 is 5.41 Å². The van der Waals surface area contributed by atoms with Gasteiger partial charge in [-0.05, 0) is 54.3 Å². The summed E-state index contributed by atoms with van der Waals surface area (Å²) in [5.41, 5.74) is 2.52. The Morgan fingerprint density at radius 2 is 1.43 bits per heavy atom. The molecule has 186 valence electrons. The minimum atomic E-state index is -0.837. The first-order chi connectivity index (χ1) is 18.0. The number of benzene rings is 4. The van der Waals surface area contributed by atoms with Gasteiger partial charge in [-0.1, -0.05) is 121 Å². The van der Waals surface area contributed by atoms with Crippen LogP contribution < -0.4 is 10.6 Å². The Labute approximate surface area is 220 Å². The van der Waals surface area contributed by atoms with Gasteiger partial charge in [0.2, 0.25) is 5.91 Å². The molecule has 3 heteroatoms. The lowest BCUT2D eigenvalue weighted by Gasteiger charge is -2.24. The second-order valence-electron chi connectivity index (χ2n) is 9.72. The topological polar surface area (TPSA) is 41.1 Å². The normalized spacial score (nSPS) is 12.3.